The maximum Gasteiger partial charge on any atom is 0.569 e. The minimum absolute atomic E-state index is 0. The van der Waals surface area contributed by atoms with Crippen molar-refractivity contribution in [2.45, 2.75) is 9.79 Å². The lowest BCUT2D eigenvalue weighted by Gasteiger charge is -2.17. The molecule has 0 aliphatic heterocycles. The van der Waals surface area contributed by atoms with Crippen molar-refractivity contribution in [3.63, 3.8) is 0 Å². The Morgan fingerprint density at radius 3 is 1.26 bits per heavy atom. The molecule has 2 heterocycles. The number of benzene rings is 8. The largest absolute Gasteiger partial charge is 0.569 e. The molecule has 1 radical (unpaired) electrons. The molecule has 0 amide bonds. The Hall–Kier alpha value is -7.96. The highest BCUT2D eigenvalue weighted by Crippen LogP contribution is 2.38. The molecule has 8 aromatic carbocycles. The van der Waals surface area contributed by atoms with Crippen molar-refractivity contribution in [1.82, 2.24) is 9.13 Å². The number of aromatic nitrogens is 2. The third-order valence-electron chi connectivity index (χ3n) is 12.2. The van der Waals surface area contributed by atoms with E-state index in [1.165, 1.54) is 44.6 Å². The number of ether oxygens (including phenoxy) is 2. The smallest absolute Gasteiger partial charge is 0.537 e. The number of methoxy groups -OCH3 is 2. The fourth-order valence-corrected chi connectivity index (χ4v) is 10.9. The standard InChI is InChI=1S/C28H13ClF7NO5S.C22H10BrF6NO5S.C6H4BClFO2.2H3P/c1-41-21-10-17(13-6-14(29)9-15(30)7-13)18(31)11-20(21)37-19-4-3-16(8-12(19)2-5-22(37)38)43(39,40)42-28-26(35)24(33)23(32)25(34)27(28)36;1-34-15-7-11(23)12(24)8-14(15)30-13-4-3-10(6-9(13)2-5-16(30)31)36(32,33)35-22-20(28)18(26)17(25)19(27)21(22)29;8-4-1-5(9)3-6(2-4)11-7-10;;/h2-11H,1H3;2-8H,1H3;1-3,10H;2*1H3. The van der Waals surface area contributed by atoms with Crippen LogP contribution in [0.2, 0.25) is 10.0 Å². The quantitative estimate of drug-likeness (QED) is 0.0289. The molecule has 0 bridgehead atoms. The zero-order valence-electron chi connectivity index (χ0n) is 45.6. The molecule has 14 nitrogen and oxygen atoms in total. The van der Waals surface area contributed by atoms with Crippen molar-refractivity contribution >= 4 is 109 Å². The Kier molecular flexibility index (Phi) is 23.3. The summed E-state index contributed by atoms with van der Waals surface area (Å²) in [5, 5.41) is 8.46. The second-order valence-corrected chi connectivity index (χ2v) is 22.6. The van der Waals surface area contributed by atoms with Gasteiger partial charge in [-0.15, -0.1) is 0 Å². The van der Waals surface area contributed by atoms with Gasteiger partial charge in [-0.3, -0.25) is 18.7 Å². The van der Waals surface area contributed by atoms with Crippen LogP contribution in [0.25, 0.3) is 44.3 Å². The van der Waals surface area contributed by atoms with E-state index in [1.54, 1.807) is 0 Å². The highest BCUT2D eigenvalue weighted by Gasteiger charge is 2.33. The van der Waals surface area contributed by atoms with E-state index in [2.05, 4.69) is 29.0 Å². The van der Waals surface area contributed by atoms with Crippen molar-refractivity contribution in [3.05, 3.63) is 238 Å². The van der Waals surface area contributed by atoms with Gasteiger partial charge in [0.25, 0.3) is 11.1 Å². The molecule has 0 saturated heterocycles. The SMILES string of the molecule is COc1cc(-c2cc(F)cc(Cl)c2)c(F)cc1-n1c(=O)ccc2cc(S(=O)(=O)Oc3c(F)c(F)c(F)c(F)c3F)ccc21.COc1cc(Br)c(F)cc1-n1c(=O)ccc2cc(S(=O)(=O)Oc3c(F)c(F)c(F)c(F)c3F)ccc21.O[B]Oc1cc(F)cc(Cl)c1.P.P. The predicted octanol–water partition coefficient (Wildman–Crippen LogP) is 13.9. The first-order valence-corrected chi connectivity index (χ1v) is 28.4. The van der Waals surface area contributed by atoms with E-state index in [0.29, 0.717) is 7.69 Å². The number of rotatable bonds is 13. The summed E-state index contributed by atoms with van der Waals surface area (Å²) in [6, 6.07) is 21.4. The zero-order valence-corrected chi connectivity index (χ0v) is 53.2. The maximum absolute atomic E-state index is 15.3. The summed E-state index contributed by atoms with van der Waals surface area (Å²) in [4.78, 5) is 24.0. The fraction of sp³-hybridized carbons (Fsp3) is 0.0357. The van der Waals surface area contributed by atoms with Crippen molar-refractivity contribution in [1.29, 1.82) is 0 Å². The van der Waals surface area contributed by atoms with E-state index in [1.807, 2.05) is 0 Å². The fourth-order valence-electron chi connectivity index (χ4n) is 8.21. The van der Waals surface area contributed by atoms with Crippen LogP contribution in [-0.2, 0) is 20.2 Å². The molecule has 0 spiro atoms. The van der Waals surface area contributed by atoms with E-state index in [9.17, 15) is 83.5 Å². The lowest BCUT2D eigenvalue weighted by molar-refractivity contribution is 0.346. The van der Waals surface area contributed by atoms with E-state index in [4.69, 9.17) is 37.7 Å². The van der Waals surface area contributed by atoms with Crippen LogP contribution >= 0.6 is 58.9 Å². The van der Waals surface area contributed by atoms with Gasteiger partial charge >= 0.3 is 27.9 Å². The Labute approximate surface area is 533 Å². The first-order valence-electron chi connectivity index (χ1n) is 24.0. The average Bonchev–Trinajstić information content (AvgIpc) is 0.772. The summed E-state index contributed by atoms with van der Waals surface area (Å²) in [6.45, 7) is 0. The highest BCUT2D eigenvalue weighted by molar-refractivity contribution is 9.10. The number of halogens is 17. The molecule has 10 rings (SSSR count). The van der Waals surface area contributed by atoms with Gasteiger partial charge in [0.2, 0.25) is 69.7 Å². The molecular weight excluding hydrogens is 1450 g/mol. The summed E-state index contributed by atoms with van der Waals surface area (Å²) in [6.07, 6.45) is 0. The van der Waals surface area contributed by atoms with Crippen LogP contribution in [0, 0.1) is 81.4 Å². The van der Waals surface area contributed by atoms with Crippen LogP contribution in [0.3, 0.4) is 0 Å². The van der Waals surface area contributed by atoms with Gasteiger partial charge in [-0.2, -0.15) is 54.2 Å². The summed E-state index contributed by atoms with van der Waals surface area (Å²) < 4.78 is 269. The summed E-state index contributed by atoms with van der Waals surface area (Å²) >= 11 is 14.4. The normalized spacial score (nSPS) is 11.1. The van der Waals surface area contributed by atoms with Crippen LogP contribution in [0.5, 0.6) is 28.7 Å². The topological polar surface area (TPSA) is 179 Å². The highest BCUT2D eigenvalue weighted by atomic mass is 79.9. The van der Waals surface area contributed by atoms with Gasteiger partial charge in [0.15, 0.2) is 0 Å². The number of hydrogen-bond donors (Lipinski definition) is 1. The molecule has 0 fully saturated rings. The van der Waals surface area contributed by atoms with Crippen LogP contribution in [0.4, 0.5) is 61.5 Å². The Morgan fingerprint density at radius 2 is 0.859 bits per heavy atom. The molecule has 2 aromatic heterocycles. The van der Waals surface area contributed by atoms with Crippen molar-refractivity contribution in [2.75, 3.05) is 14.2 Å². The molecule has 2 unspecified atom stereocenters. The third-order valence-corrected chi connectivity index (χ3v) is 15.7. The Bertz CT molecular complexity index is 4860. The van der Waals surface area contributed by atoms with Gasteiger partial charge in [-0.05, 0) is 112 Å². The molecule has 1 N–H and O–H groups in total. The van der Waals surface area contributed by atoms with Gasteiger partial charge in [0, 0.05) is 56.7 Å². The molecule has 0 aliphatic rings. The number of hydrogen-bond acceptors (Lipinski definition) is 12. The first kappa shape index (κ1) is 73.1. The Morgan fingerprint density at radius 1 is 0.467 bits per heavy atom. The maximum atomic E-state index is 15.3. The van der Waals surface area contributed by atoms with Gasteiger partial charge in [0.05, 0.1) is 41.1 Å². The molecule has 483 valence electrons. The third kappa shape index (κ3) is 15.1. The van der Waals surface area contributed by atoms with Crippen LogP contribution in [0.1, 0.15) is 0 Å². The van der Waals surface area contributed by atoms with Crippen molar-refractivity contribution < 1.29 is 106 Å². The van der Waals surface area contributed by atoms with Gasteiger partial charge < -0.3 is 27.5 Å². The van der Waals surface area contributed by atoms with E-state index in [0.717, 1.165) is 100 Å². The number of nitrogens with zero attached hydrogens (tertiary/aromatic N) is 2. The van der Waals surface area contributed by atoms with Gasteiger partial charge in [-0.1, -0.05) is 23.2 Å². The second-order valence-electron chi connectivity index (χ2n) is 17.8. The zero-order chi connectivity index (χ0) is 66.2. The van der Waals surface area contributed by atoms with E-state index < -0.39 is 134 Å². The Balaban J connectivity index is 0.000000248. The minimum Gasteiger partial charge on any atom is -0.537 e. The van der Waals surface area contributed by atoms with Crippen LogP contribution in [0.15, 0.2) is 145 Å². The second kappa shape index (κ2) is 29.3. The molecule has 92 heavy (non-hydrogen) atoms. The van der Waals surface area contributed by atoms with Gasteiger partial charge in [0.1, 0.15) is 50.3 Å². The van der Waals surface area contributed by atoms with E-state index >= 15 is 4.39 Å². The van der Waals surface area contributed by atoms with E-state index in [-0.39, 0.29) is 95.9 Å². The van der Waals surface area contributed by atoms with Crippen LogP contribution < -0.4 is 33.6 Å². The minimum atomic E-state index is -5.20. The molecule has 10 aromatic rings. The van der Waals surface area contributed by atoms with Crippen molar-refractivity contribution in [2.24, 2.45) is 0 Å². The van der Waals surface area contributed by atoms with Crippen molar-refractivity contribution in [3.8, 4) is 51.2 Å². The predicted molar refractivity (Wildman–Crippen MR) is 321 cm³/mol. The molecule has 0 saturated carbocycles. The molecule has 36 heteroatoms. The number of fused-ring (bicyclic) bond motifs is 2. The molecule has 0 aliphatic carbocycles. The summed E-state index contributed by atoms with van der Waals surface area (Å²) in [7, 11) is -7.36. The van der Waals surface area contributed by atoms with Crippen LogP contribution in [-0.4, -0.2) is 52.9 Å². The average molecular weight is 1480 g/mol. The molecular formula is C56H33BBrCl2F14N2O12P2S2. The number of pyridine rings is 2. The summed E-state index contributed by atoms with van der Waals surface area (Å²) in [5.74, 6) is -31.3. The lowest BCUT2D eigenvalue weighted by atomic mass is 10.0. The first-order chi connectivity index (χ1) is 42.3. The lowest BCUT2D eigenvalue weighted by Crippen LogP contribution is -2.19. The monoisotopic (exact) mass is 1480 g/mol. The van der Waals surface area contributed by atoms with Gasteiger partial charge in [-0.25, -0.2) is 43.9 Å². The molecule has 2 atom stereocenters. The summed E-state index contributed by atoms with van der Waals surface area (Å²) in [5.41, 5.74) is -1.53.